The van der Waals surface area contributed by atoms with Crippen molar-refractivity contribution in [1.82, 2.24) is 4.90 Å². The zero-order valence-electron chi connectivity index (χ0n) is 16.8. The summed E-state index contributed by atoms with van der Waals surface area (Å²) in [5.74, 6) is 0.0813. The molecule has 0 aromatic heterocycles. The number of esters is 1. The largest absolute Gasteiger partial charge is 0.496 e. The van der Waals surface area contributed by atoms with E-state index in [0.29, 0.717) is 34.9 Å². The molecule has 2 aromatic rings. The predicted octanol–water partition coefficient (Wildman–Crippen LogP) is 2.62. The van der Waals surface area contributed by atoms with Gasteiger partial charge in [-0.1, -0.05) is 6.07 Å². The number of hydrogen-bond acceptors (Lipinski definition) is 6. The molecular weight excluding hydrogens is 388 g/mol. The molecule has 0 bridgehead atoms. The van der Waals surface area contributed by atoms with E-state index in [0.717, 1.165) is 18.4 Å². The van der Waals surface area contributed by atoms with E-state index in [2.05, 4.69) is 5.32 Å². The average molecular weight is 410 g/mol. The number of nitrogens with zero attached hydrogens (tertiary/aromatic N) is 1. The predicted molar refractivity (Wildman–Crippen MR) is 108 cm³/mol. The van der Waals surface area contributed by atoms with E-state index in [4.69, 9.17) is 14.2 Å². The Bertz CT molecular complexity index is 1010. The zero-order valence-corrected chi connectivity index (χ0v) is 16.8. The molecule has 1 saturated carbocycles. The quantitative estimate of drug-likeness (QED) is 0.736. The van der Waals surface area contributed by atoms with Crippen LogP contribution in [0.2, 0.25) is 0 Å². The summed E-state index contributed by atoms with van der Waals surface area (Å²) in [5, 5.41) is 2.72. The van der Waals surface area contributed by atoms with Gasteiger partial charge in [0.1, 0.15) is 17.1 Å². The third-order valence-corrected chi connectivity index (χ3v) is 5.13. The lowest BCUT2D eigenvalue weighted by atomic mass is 10.1. The number of rotatable bonds is 6. The van der Waals surface area contributed by atoms with Crippen LogP contribution in [0, 0.1) is 0 Å². The summed E-state index contributed by atoms with van der Waals surface area (Å²) in [4.78, 5) is 38.4. The van der Waals surface area contributed by atoms with E-state index in [-0.39, 0.29) is 24.5 Å². The number of carbonyl (C=O) groups is 3. The minimum atomic E-state index is -0.477. The number of amides is 2. The third kappa shape index (κ3) is 3.94. The van der Waals surface area contributed by atoms with Crippen molar-refractivity contribution in [3.8, 4) is 11.5 Å². The smallest absolute Gasteiger partial charge is 0.341 e. The van der Waals surface area contributed by atoms with Gasteiger partial charge in [0.15, 0.2) is 6.61 Å². The van der Waals surface area contributed by atoms with Crippen molar-refractivity contribution in [3.63, 3.8) is 0 Å². The molecule has 0 spiro atoms. The van der Waals surface area contributed by atoms with Crippen molar-refractivity contribution in [3.05, 3.63) is 53.1 Å². The average Bonchev–Trinajstić information content (AvgIpc) is 3.61. The van der Waals surface area contributed by atoms with Gasteiger partial charge in [-0.3, -0.25) is 9.59 Å². The number of methoxy groups -OCH3 is 2. The van der Waals surface area contributed by atoms with Crippen LogP contribution in [0.4, 0.5) is 5.69 Å². The van der Waals surface area contributed by atoms with E-state index in [1.165, 1.54) is 14.2 Å². The van der Waals surface area contributed by atoms with E-state index >= 15 is 0 Å². The molecule has 0 atom stereocenters. The van der Waals surface area contributed by atoms with Gasteiger partial charge in [0.05, 0.1) is 19.9 Å². The number of hydrogen-bond donors (Lipinski definition) is 1. The van der Waals surface area contributed by atoms with Crippen LogP contribution in [0.15, 0.2) is 36.4 Å². The molecule has 1 heterocycles. The molecular formula is C22H22N2O6. The van der Waals surface area contributed by atoms with Gasteiger partial charge in [0.2, 0.25) is 0 Å². The van der Waals surface area contributed by atoms with Gasteiger partial charge in [-0.05, 0) is 48.7 Å². The Hall–Kier alpha value is -3.55. The van der Waals surface area contributed by atoms with Crippen molar-refractivity contribution in [1.29, 1.82) is 0 Å². The van der Waals surface area contributed by atoms with Crippen LogP contribution in [-0.4, -0.2) is 49.6 Å². The van der Waals surface area contributed by atoms with Crippen LogP contribution in [0.3, 0.4) is 0 Å². The second-order valence-electron chi connectivity index (χ2n) is 7.24. The van der Waals surface area contributed by atoms with Crippen LogP contribution in [0.25, 0.3) is 0 Å². The number of nitrogens with one attached hydrogen (secondary N) is 1. The Morgan fingerprint density at radius 2 is 1.97 bits per heavy atom. The molecule has 1 fully saturated rings. The van der Waals surface area contributed by atoms with Crippen LogP contribution >= 0.6 is 0 Å². The number of carbonyl (C=O) groups excluding carboxylic acids is 3. The first-order valence-electron chi connectivity index (χ1n) is 9.63. The molecule has 2 amide bonds. The number of fused-ring (bicyclic) bond motifs is 1. The molecule has 156 valence electrons. The van der Waals surface area contributed by atoms with E-state index in [1.807, 2.05) is 4.90 Å². The van der Waals surface area contributed by atoms with E-state index in [1.54, 1.807) is 36.4 Å². The Morgan fingerprint density at radius 3 is 2.67 bits per heavy atom. The lowest BCUT2D eigenvalue weighted by Gasteiger charge is -2.24. The Morgan fingerprint density at radius 1 is 1.17 bits per heavy atom. The normalized spacial score (nSPS) is 14.8. The van der Waals surface area contributed by atoms with Crippen molar-refractivity contribution in [2.24, 2.45) is 0 Å². The summed E-state index contributed by atoms with van der Waals surface area (Å²) in [5.41, 5.74) is 2.24. The molecule has 8 heteroatoms. The molecule has 0 radical (unpaired) electrons. The van der Waals surface area contributed by atoms with Crippen molar-refractivity contribution >= 4 is 23.5 Å². The highest BCUT2D eigenvalue weighted by Gasteiger charge is 2.34. The van der Waals surface area contributed by atoms with Crippen molar-refractivity contribution < 1.29 is 28.6 Å². The molecule has 0 saturated heterocycles. The minimum Gasteiger partial charge on any atom is -0.496 e. The maximum absolute atomic E-state index is 13.2. The van der Waals surface area contributed by atoms with Gasteiger partial charge in [-0.15, -0.1) is 0 Å². The highest BCUT2D eigenvalue weighted by molar-refractivity contribution is 5.99. The van der Waals surface area contributed by atoms with Gasteiger partial charge in [-0.2, -0.15) is 0 Å². The summed E-state index contributed by atoms with van der Waals surface area (Å²) in [6.45, 7) is 0.319. The van der Waals surface area contributed by atoms with Crippen LogP contribution in [0.5, 0.6) is 11.5 Å². The van der Waals surface area contributed by atoms with Crippen LogP contribution in [0.1, 0.15) is 39.1 Å². The summed E-state index contributed by atoms with van der Waals surface area (Å²) in [7, 11) is 2.80. The van der Waals surface area contributed by atoms with Gasteiger partial charge < -0.3 is 24.4 Å². The molecule has 4 rings (SSSR count). The highest BCUT2D eigenvalue weighted by Crippen LogP contribution is 2.33. The number of ether oxygens (including phenoxy) is 3. The Labute approximate surface area is 173 Å². The molecule has 2 aliphatic rings. The fraction of sp³-hybridized carbons (Fsp3) is 0.318. The van der Waals surface area contributed by atoms with Crippen LogP contribution in [-0.2, 0) is 16.1 Å². The summed E-state index contributed by atoms with van der Waals surface area (Å²) in [6, 6.07) is 10.4. The number of anilines is 1. The minimum absolute atomic E-state index is 0.0661. The molecule has 8 nitrogen and oxygen atoms in total. The molecule has 2 aromatic carbocycles. The fourth-order valence-corrected chi connectivity index (χ4v) is 3.44. The summed E-state index contributed by atoms with van der Waals surface area (Å²) in [6.07, 6.45) is 1.89. The Balaban J connectivity index is 1.57. The van der Waals surface area contributed by atoms with Crippen molar-refractivity contribution in [2.75, 3.05) is 26.1 Å². The maximum Gasteiger partial charge on any atom is 0.341 e. The van der Waals surface area contributed by atoms with E-state index < -0.39 is 5.97 Å². The SMILES string of the molecule is COC(=O)c1ccc(CN(C(=O)c2ccc3c(c2)OCC(=O)N3)C2CC2)cc1OC. The third-order valence-electron chi connectivity index (χ3n) is 5.13. The fourth-order valence-electron chi connectivity index (χ4n) is 3.44. The van der Waals surface area contributed by atoms with Gasteiger partial charge >= 0.3 is 5.97 Å². The first-order chi connectivity index (χ1) is 14.5. The lowest BCUT2D eigenvalue weighted by Crippen LogP contribution is -2.33. The van der Waals surface area contributed by atoms with Gasteiger partial charge in [0, 0.05) is 18.2 Å². The van der Waals surface area contributed by atoms with Crippen molar-refractivity contribution in [2.45, 2.75) is 25.4 Å². The van der Waals surface area contributed by atoms with Gasteiger partial charge in [-0.25, -0.2) is 4.79 Å². The molecule has 30 heavy (non-hydrogen) atoms. The monoisotopic (exact) mass is 410 g/mol. The van der Waals surface area contributed by atoms with E-state index in [9.17, 15) is 14.4 Å². The second-order valence-corrected chi connectivity index (χ2v) is 7.24. The van der Waals surface area contributed by atoms with Gasteiger partial charge in [0.25, 0.3) is 11.8 Å². The molecule has 1 aliphatic heterocycles. The Kier molecular flexibility index (Phi) is 5.31. The number of benzene rings is 2. The zero-order chi connectivity index (χ0) is 21.3. The molecule has 0 unspecified atom stereocenters. The standard InChI is InChI=1S/C22H22N2O6/c1-28-18-9-13(3-7-16(18)22(27)29-2)11-24(15-5-6-15)21(26)14-4-8-17-19(10-14)30-12-20(25)23-17/h3-4,7-10,15H,5-6,11-12H2,1-2H3,(H,23,25). The maximum atomic E-state index is 13.2. The summed E-state index contributed by atoms with van der Waals surface area (Å²) < 4.78 is 15.5. The second kappa shape index (κ2) is 8.06. The topological polar surface area (TPSA) is 94.2 Å². The molecule has 1 N–H and O–H groups in total. The first kappa shape index (κ1) is 19.8. The van der Waals surface area contributed by atoms with Crippen LogP contribution < -0.4 is 14.8 Å². The first-order valence-corrected chi connectivity index (χ1v) is 9.63. The molecule has 1 aliphatic carbocycles. The highest BCUT2D eigenvalue weighted by atomic mass is 16.5. The lowest BCUT2D eigenvalue weighted by molar-refractivity contribution is -0.118. The summed E-state index contributed by atoms with van der Waals surface area (Å²) >= 11 is 0.